The summed E-state index contributed by atoms with van der Waals surface area (Å²) < 4.78 is 0. The third kappa shape index (κ3) is 4.71. The molecule has 1 atom stereocenters. The molecule has 1 aromatic heterocycles. The van der Waals surface area contributed by atoms with Crippen LogP contribution in [0.15, 0.2) is 29.6 Å². The van der Waals surface area contributed by atoms with E-state index in [0.717, 1.165) is 22.5 Å². The molecule has 4 rings (SSSR count). The molecule has 172 valence electrons. The van der Waals surface area contributed by atoms with Gasteiger partial charge in [-0.05, 0) is 31.6 Å². The molecule has 3 heterocycles. The molecular formula is C23H24N4O5S. The summed E-state index contributed by atoms with van der Waals surface area (Å²) in [4.78, 5) is 65.5. The van der Waals surface area contributed by atoms with Gasteiger partial charge < -0.3 is 15.1 Å². The Labute approximate surface area is 194 Å². The van der Waals surface area contributed by atoms with Crippen LogP contribution in [0.5, 0.6) is 0 Å². The second-order valence-corrected chi connectivity index (χ2v) is 9.36. The van der Waals surface area contributed by atoms with Crippen molar-refractivity contribution < 1.29 is 24.0 Å². The quantitative estimate of drug-likeness (QED) is 0.357. The molecule has 2 aromatic rings. The number of rotatable bonds is 7. The highest BCUT2D eigenvalue weighted by Crippen LogP contribution is 2.33. The molecule has 1 unspecified atom stereocenters. The van der Waals surface area contributed by atoms with E-state index in [1.165, 1.54) is 16.2 Å². The summed E-state index contributed by atoms with van der Waals surface area (Å²) in [5.74, 6) is -2.41. The zero-order valence-corrected chi connectivity index (χ0v) is 19.2. The van der Waals surface area contributed by atoms with Crippen LogP contribution >= 0.6 is 11.3 Å². The first-order valence-corrected chi connectivity index (χ1v) is 11.4. The molecule has 4 amide bonds. The lowest BCUT2D eigenvalue weighted by atomic mass is 10.0. The average Bonchev–Trinajstić information content (AvgIpc) is 3.32. The Morgan fingerprint density at radius 2 is 1.91 bits per heavy atom. The van der Waals surface area contributed by atoms with Crippen LogP contribution in [-0.2, 0) is 34.0 Å². The number of carbonyl (C=O) groups excluding carboxylic acids is 5. The number of hydrogen-bond donors (Lipinski definition) is 2. The number of nitrogens with one attached hydrogen (secondary N) is 2. The molecule has 2 N–H and O–H groups in total. The van der Waals surface area contributed by atoms with E-state index in [2.05, 4.69) is 10.6 Å². The largest absolute Gasteiger partial charge is 0.344 e. The highest BCUT2D eigenvalue weighted by Gasteiger charge is 2.40. The molecule has 33 heavy (non-hydrogen) atoms. The highest BCUT2D eigenvalue weighted by molar-refractivity contribution is 7.10. The summed E-state index contributed by atoms with van der Waals surface area (Å²) in [7, 11) is 3.90. The molecule has 0 radical (unpaired) electrons. The van der Waals surface area contributed by atoms with E-state index in [1.54, 1.807) is 17.5 Å². The Morgan fingerprint density at radius 3 is 2.58 bits per heavy atom. The molecule has 1 saturated heterocycles. The van der Waals surface area contributed by atoms with Gasteiger partial charge in [0.15, 0.2) is 0 Å². The van der Waals surface area contributed by atoms with Gasteiger partial charge in [-0.15, -0.1) is 11.3 Å². The van der Waals surface area contributed by atoms with Crippen LogP contribution in [0, 0.1) is 0 Å². The zero-order valence-electron chi connectivity index (χ0n) is 18.3. The van der Waals surface area contributed by atoms with Crippen molar-refractivity contribution >= 4 is 40.7 Å². The minimum atomic E-state index is -0.719. The number of nitrogens with zero attached hydrogens (tertiary/aromatic N) is 2. The second-order valence-electron chi connectivity index (χ2n) is 8.40. The molecule has 0 spiro atoms. The maximum absolute atomic E-state index is 12.8. The van der Waals surface area contributed by atoms with E-state index in [4.69, 9.17) is 0 Å². The van der Waals surface area contributed by atoms with E-state index in [0.29, 0.717) is 11.1 Å². The highest BCUT2D eigenvalue weighted by atomic mass is 32.1. The molecule has 0 aliphatic carbocycles. The van der Waals surface area contributed by atoms with E-state index >= 15 is 0 Å². The van der Waals surface area contributed by atoms with Crippen molar-refractivity contribution in [2.45, 2.75) is 38.5 Å². The number of hydrogen-bond acceptors (Lipinski definition) is 7. The van der Waals surface area contributed by atoms with Crippen LogP contribution in [0.2, 0.25) is 0 Å². The minimum Gasteiger partial charge on any atom is -0.344 e. The minimum absolute atomic E-state index is 0.111. The summed E-state index contributed by atoms with van der Waals surface area (Å²) in [6.07, 6.45) is 0.478. The normalized spacial score (nSPS) is 17.8. The van der Waals surface area contributed by atoms with E-state index in [9.17, 15) is 24.0 Å². The number of thiophene rings is 1. The van der Waals surface area contributed by atoms with Crippen molar-refractivity contribution in [1.82, 2.24) is 20.4 Å². The van der Waals surface area contributed by atoms with E-state index in [-0.39, 0.29) is 37.7 Å². The first kappa shape index (κ1) is 22.8. The Hall–Kier alpha value is -3.37. The lowest BCUT2D eigenvalue weighted by molar-refractivity contribution is -0.136. The first-order valence-electron chi connectivity index (χ1n) is 10.5. The number of amides is 4. The molecule has 1 fully saturated rings. The van der Waals surface area contributed by atoms with Crippen LogP contribution in [-0.4, -0.2) is 59.3 Å². The third-order valence-electron chi connectivity index (χ3n) is 5.72. The maximum Gasteiger partial charge on any atom is 0.292 e. The maximum atomic E-state index is 12.8. The number of benzene rings is 1. The standard InChI is InChI=1S/C23H24N4O5S/c1-26(2)10-13-3-5-14(6-4-13)20(29)22(31)24-9-18-15-11-27(23(32)16(15)12-33-18)17-7-8-19(28)25-21(17)30/h3-6,12,17H,7-11H2,1-2H3,(H,24,31)(H,25,28,30). The molecule has 10 heteroatoms. The van der Waals surface area contributed by atoms with Crippen molar-refractivity contribution in [2.75, 3.05) is 14.1 Å². The van der Waals surface area contributed by atoms with E-state index < -0.39 is 23.6 Å². The van der Waals surface area contributed by atoms with Crippen LogP contribution in [0.1, 0.15) is 49.6 Å². The fraction of sp³-hybridized carbons (Fsp3) is 0.348. The molecule has 0 saturated carbocycles. The van der Waals surface area contributed by atoms with Crippen LogP contribution in [0.3, 0.4) is 0 Å². The van der Waals surface area contributed by atoms with Gasteiger partial charge in [0.05, 0.1) is 12.1 Å². The van der Waals surface area contributed by atoms with Crippen LogP contribution < -0.4 is 10.6 Å². The SMILES string of the molecule is CN(C)Cc1ccc(C(=O)C(=O)NCc2scc3c2CN(C2CCC(=O)NC2=O)C3=O)cc1. The number of fused-ring (bicyclic) bond motifs is 1. The zero-order chi connectivity index (χ0) is 23.7. The fourth-order valence-corrected chi connectivity index (χ4v) is 5.03. The molecule has 0 bridgehead atoms. The average molecular weight is 469 g/mol. The van der Waals surface area contributed by atoms with Gasteiger partial charge in [-0.1, -0.05) is 24.3 Å². The van der Waals surface area contributed by atoms with Crippen LogP contribution in [0.4, 0.5) is 0 Å². The monoisotopic (exact) mass is 468 g/mol. The summed E-state index contributed by atoms with van der Waals surface area (Å²) in [5.41, 5.74) is 2.59. The Bertz CT molecular complexity index is 1140. The third-order valence-corrected chi connectivity index (χ3v) is 6.75. The van der Waals surface area contributed by atoms with Gasteiger partial charge in [0.2, 0.25) is 17.6 Å². The predicted octanol–water partition coefficient (Wildman–Crippen LogP) is 1.07. The number of carbonyl (C=O) groups is 5. The number of piperidine rings is 1. The van der Waals surface area contributed by atoms with Gasteiger partial charge in [-0.2, -0.15) is 0 Å². The van der Waals surface area contributed by atoms with Gasteiger partial charge in [-0.25, -0.2) is 0 Å². The summed E-state index contributed by atoms with van der Waals surface area (Å²) in [5, 5.41) is 6.62. The topological polar surface area (TPSA) is 116 Å². The van der Waals surface area contributed by atoms with Crippen molar-refractivity contribution in [3.8, 4) is 0 Å². The number of Topliss-reactive ketones (excluding diaryl/α,β-unsaturated/α-hetero) is 1. The number of ketones is 1. The Kier molecular flexibility index (Phi) is 6.39. The summed E-state index contributed by atoms with van der Waals surface area (Å²) >= 11 is 1.33. The fourth-order valence-electron chi connectivity index (χ4n) is 4.05. The van der Waals surface area contributed by atoms with Crippen molar-refractivity contribution in [1.29, 1.82) is 0 Å². The smallest absolute Gasteiger partial charge is 0.292 e. The van der Waals surface area contributed by atoms with Gasteiger partial charge >= 0.3 is 0 Å². The van der Waals surface area contributed by atoms with E-state index in [1.807, 2.05) is 31.1 Å². The predicted molar refractivity (Wildman–Crippen MR) is 120 cm³/mol. The van der Waals surface area contributed by atoms with Gasteiger partial charge in [-0.3, -0.25) is 29.3 Å². The van der Waals surface area contributed by atoms with Gasteiger partial charge in [0, 0.05) is 35.3 Å². The van der Waals surface area contributed by atoms with Crippen LogP contribution in [0.25, 0.3) is 0 Å². The lowest BCUT2D eigenvalue weighted by Crippen LogP contribution is -2.52. The Morgan fingerprint density at radius 1 is 1.18 bits per heavy atom. The summed E-state index contributed by atoms with van der Waals surface area (Å²) in [6, 6.07) is 6.23. The molecular weight excluding hydrogens is 444 g/mol. The molecule has 1 aromatic carbocycles. The molecule has 9 nitrogen and oxygen atoms in total. The van der Waals surface area contributed by atoms with Crippen molar-refractivity contribution in [2.24, 2.45) is 0 Å². The number of imide groups is 1. The van der Waals surface area contributed by atoms with Crippen molar-refractivity contribution in [3.05, 3.63) is 56.8 Å². The lowest BCUT2D eigenvalue weighted by Gasteiger charge is -2.29. The van der Waals surface area contributed by atoms with Gasteiger partial charge in [0.25, 0.3) is 11.8 Å². The molecule has 2 aliphatic rings. The summed E-state index contributed by atoms with van der Waals surface area (Å²) in [6.45, 7) is 1.08. The van der Waals surface area contributed by atoms with Crippen molar-refractivity contribution in [3.63, 3.8) is 0 Å². The molecule has 2 aliphatic heterocycles. The first-order chi connectivity index (χ1) is 15.7. The second kappa shape index (κ2) is 9.24. The Balaban J connectivity index is 1.38. The van der Waals surface area contributed by atoms with Gasteiger partial charge in [0.1, 0.15) is 6.04 Å².